The average Bonchev–Trinajstić information content (AvgIpc) is 2.33. The molecule has 1 atom stereocenters. The van der Waals surface area contributed by atoms with Crippen molar-refractivity contribution in [3.05, 3.63) is 23.5 Å². The number of nitrogens with one attached hydrogen (secondary N) is 1. The number of sulfonamides is 1. The number of hydrogen-bond acceptors (Lipinski definition) is 4. The van der Waals surface area contributed by atoms with Crippen LogP contribution in [-0.4, -0.2) is 27.2 Å². The lowest BCUT2D eigenvalue weighted by atomic mass is 9.97. The van der Waals surface area contributed by atoms with Crippen LogP contribution >= 0.6 is 0 Å². The van der Waals surface area contributed by atoms with Crippen LogP contribution in [0.2, 0.25) is 0 Å². The molecule has 0 bridgehead atoms. The number of anilines is 1. The minimum Gasteiger partial charge on any atom is -0.396 e. The highest BCUT2D eigenvalue weighted by molar-refractivity contribution is 7.89. The number of rotatable bonds is 3. The third-order valence-electron chi connectivity index (χ3n) is 3.40. The molecule has 1 saturated heterocycles. The minimum atomic E-state index is -3.76. The Labute approximate surface area is 118 Å². The maximum atomic E-state index is 13.3. The van der Waals surface area contributed by atoms with Gasteiger partial charge in [0.15, 0.2) is 0 Å². The molecule has 1 unspecified atom stereocenters. The van der Waals surface area contributed by atoms with Gasteiger partial charge in [-0.25, -0.2) is 17.5 Å². The van der Waals surface area contributed by atoms with Gasteiger partial charge >= 0.3 is 0 Å². The Morgan fingerprint density at radius 3 is 2.75 bits per heavy atom. The third-order valence-corrected chi connectivity index (χ3v) is 5.18. The predicted molar refractivity (Wildman–Crippen MR) is 74.3 cm³/mol. The summed E-state index contributed by atoms with van der Waals surface area (Å²) in [5, 5.41) is 0. The Morgan fingerprint density at radius 2 is 2.15 bits per heavy atom. The number of nitrogen functional groups attached to an aromatic ring is 1. The fraction of sp³-hybridized carbons (Fsp3) is 0.538. The molecule has 1 fully saturated rings. The molecule has 3 N–H and O–H groups in total. The van der Waals surface area contributed by atoms with Gasteiger partial charge < -0.3 is 10.5 Å². The first kappa shape index (κ1) is 15.2. The molecule has 0 radical (unpaired) electrons. The molecule has 0 aliphatic carbocycles. The van der Waals surface area contributed by atoms with Crippen molar-refractivity contribution < 1.29 is 17.5 Å². The molecule has 1 aromatic rings. The second-order valence-electron chi connectivity index (χ2n) is 5.46. The molecule has 0 aromatic heterocycles. The summed E-state index contributed by atoms with van der Waals surface area (Å²) in [6.45, 7) is 4.30. The summed E-state index contributed by atoms with van der Waals surface area (Å²) in [4.78, 5) is 0.00296. The highest BCUT2D eigenvalue weighted by atomic mass is 32.2. The van der Waals surface area contributed by atoms with Crippen molar-refractivity contribution in [1.82, 2.24) is 4.72 Å². The molecule has 20 heavy (non-hydrogen) atoms. The summed E-state index contributed by atoms with van der Waals surface area (Å²) < 4.78 is 46.2. The summed E-state index contributed by atoms with van der Waals surface area (Å²) in [5.74, 6) is -0.617. The number of aryl methyl sites for hydroxylation is 1. The van der Waals surface area contributed by atoms with E-state index in [1.807, 2.05) is 0 Å². The third kappa shape index (κ3) is 3.11. The Hall–Kier alpha value is -1.18. The fourth-order valence-electron chi connectivity index (χ4n) is 2.35. The lowest BCUT2D eigenvalue weighted by molar-refractivity contribution is 0.0386. The van der Waals surface area contributed by atoms with E-state index in [-0.39, 0.29) is 10.6 Å². The van der Waals surface area contributed by atoms with Gasteiger partial charge in [0.1, 0.15) is 5.82 Å². The van der Waals surface area contributed by atoms with Gasteiger partial charge in [0.2, 0.25) is 10.0 Å². The molecule has 1 aromatic carbocycles. The summed E-state index contributed by atoms with van der Waals surface area (Å²) >= 11 is 0. The fourth-order valence-corrected chi connectivity index (χ4v) is 4.04. The van der Waals surface area contributed by atoms with E-state index in [4.69, 9.17) is 10.5 Å². The van der Waals surface area contributed by atoms with Gasteiger partial charge in [0.25, 0.3) is 0 Å². The van der Waals surface area contributed by atoms with Gasteiger partial charge in [-0.3, -0.25) is 0 Å². The lowest BCUT2D eigenvalue weighted by Gasteiger charge is -2.34. The van der Waals surface area contributed by atoms with E-state index in [1.54, 1.807) is 6.92 Å². The van der Waals surface area contributed by atoms with Gasteiger partial charge in [0, 0.05) is 6.61 Å². The van der Waals surface area contributed by atoms with Crippen molar-refractivity contribution in [2.75, 3.05) is 18.9 Å². The highest BCUT2D eigenvalue weighted by Gasteiger charge is 2.33. The smallest absolute Gasteiger partial charge is 0.241 e. The number of benzene rings is 1. The maximum absolute atomic E-state index is 13.3. The van der Waals surface area contributed by atoms with Crippen LogP contribution in [0.15, 0.2) is 17.0 Å². The van der Waals surface area contributed by atoms with Crippen molar-refractivity contribution >= 4 is 15.7 Å². The number of nitrogens with two attached hydrogens (primary N) is 1. The standard InChI is InChI=1S/C13H19FN2O3S/c1-9-6-10(14)11(15)7-12(9)20(17,18)16-13(2)4-3-5-19-8-13/h6-7,16H,3-5,8,15H2,1-2H3. The van der Waals surface area contributed by atoms with Crippen LogP contribution in [0.3, 0.4) is 0 Å². The van der Waals surface area contributed by atoms with Crippen LogP contribution in [0.25, 0.3) is 0 Å². The number of halogens is 1. The Bertz CT molecular complexity index is 610. The summed E-state index contributed by atoms with van der Waals surface area (Å²) in [7, 11) is -3.76. The number of ether oxygens (including phenoxy) is 1. The highest BCUT2D eigenvalue weighted by Crippen LogP contribution is 2.25. The molecule has 7 heteroatoms. The Morgan fingerprint density at radius 1 is 1.45 bits per heavy atom. The second-order valence-corrected chi connectivity index (χ2v) is 7.11. The topological polar surface area (TPSA) is 81.4 Å². The summed E-state index contributed by atoms with van der Waals surface area (Å²) in [5.41, 5.74) is 4.96. The van der Waals surface area contributed by atoms with E-state index in [0.717, 1.165) is 18.6 Å². The molecule has 1 aliphatic rings. The largest absolute Gasteiger partial charge is 0.396 e. The molecule has 5 nitrogen and oxygen atoms in total. The van der Waals surface area contributed by atoms with Crippen molar-refractivity contribution in [1.29, 1.82) is 0 Å². The van der Waals surface area contributed by atoms with E-state index in [0.29, 0.717) is 25.2 Å². The molecular formula is C13H19FN2O3S. The summed E-state index contributed by atoms with van der Waals surface area (Å²) in [6.07, 6.45) is 1.49. The molecule has 112 valence electrons. The van der Waals surface area contributed by atoms with Crippen molar-refractivity contribution in [2.24, 2.45) is 0 Å². The first-order chi connectivity index (χ1) is 9.23. The molecular weight excluding hydrogens is 283 g/mol. The van der Waals surface area contributed by atoms with Gasteiger partial charge in [-0.15, -0.1) is 0 Å². The minimum absolute atomic E-state index is 0.00296. The molecule has 2 rings (SSSR count). The van der Waals surface area contributed by atoms with E-state index in [2.05, 4.69) is 4.72 Å². The normalized spacial score (nSPS) is 23.8. The van der Waals surface area contributed by atoms with Gasteiger partial charge in [-0.1, -0.05) is 0 Å². The zero-order valence-electron chi connectivity index (χ0n) is 11.6. The van der Waals surface area contributed by atoms with Crippen LogP contribution in [-0.2, 0) is 14.8 Å². The lowest BCUT2D eigenvalue weighted by Crippen LogP contribution is -2.51. The van der Waals surface area contributed by atoms with Crippen LogP contribution in [0, 0.1) is 12.7 Å². The second kappa shape index (κ2) is 5.31. The molecule has 1 heterocycles. The zero-order chi connectivity index (χ0) is 15.0. The maximum Gasteiger partial charge on any atom is 0.241 e. The van der Waals surface area contributed by atoms with E-state index >= 15 is 0 Å². The SMILES string of the molecule is Cc1cc(F)c(N)cc1S(=O)(=O)NC1(C)CCCOC1. The van der Waals surface area contributed by atoms with Gasteiger partial charge in [0.05, 0.1) is 22.7 Å². The zero-order valence-corrected chi connectivity index (χ0v) is 12.4. The Kier molecular flexibility index (Phi) is 4.04. The summed E-state index contributed by atoms with van der Waals surface area (Å²) in [6, 6.07) is 2.28. The number of hydrogen-bond donors (Lipinski definition) is 2. The van der Waals surface area contributed by atoms with Crippen molar-refractivity contribution in [2.45, 2.75) is 37.1 Å². The van der Waals surface area contributed by atoms with Crippen molar-refractivity contribution in [3.63, 3.8) is 0 Å². The predicted octanol–water partition coefficient (Wildman–Crippen LogP) is 1.56. The molecule has 0 saturated carbocycles. The van der Waals surface area contributed by atoms with E-state index in [9.17, 15) is 12.8 Å². The average molecular weight is 302 g/mol. The van der Waals surface area contributed by atoms with Crippen LogP contribution < -0.4 is 10.5 Å². The van der Waals surface area contributed by atoms with E-state index in [1.165, 1.54) is 6.92 Å². The van der Waals surface area contributed by atoms with E-state index < -0.39 is 21.4 Å². The quantitative estimate of drug-likeness (QED) is 0.830. The molecule has 0 spiro atoms. The molecule has 1 aliphatic heterocycles. The first-order valence-corrected chi connectivity index (χ1v) is 7.89. The first-order valence-electron chi connectivity index (χ1n) is 6.41. The van der Waals surface area contributed by atoms with Gasteiger partial charge in [-0.2, -0.15) is 0 Å². The monoisotopic (exact) mass is 302 g/mol. The molecule has 0 amide bonds. The van der Waals surface area contributed by atoms with Crippen molar-refractivity contribution in [3.8, 4) is 0 Å². The Balaban J connectivity index is 2.33. The van der Waals surface area contributed by atoms with Crippen LogP contribution in [0.4, 0.5) is 10.1 Å². The van der Waals surface area contributed by atoms with Gasteiger partial charge in [-0.05, 0) is 44.4 Å². The van der Waals surface area contributed by atoms with Crippen LogP contribution in [0.5, 0.6) is 0 Å². The van der Waals surface area contributed by atoms with Crippen LogP contribution in [0.1, 0.15) is 25.3 Å².